The molecular formula is C17H34ClN3O3S. The molecule has 0 aromatic carbocycles. The first-order valence-electron chi connectivity index (χ1n) is 9.32. The van der Waals surface area contributed by atoms with Gasteiger partial charge < -0.3 is 10.6 Å². The monoisotopic (exact) mass is 395 g/mol. The molecular weight excluding hydrogens is 362 g/mol. The lowest BCUT2D eigenvalue weighted by atomic mass is 9.81. The number of amides is 1. The van der Waals surface area contributed by atoms with E-state index in [4.69, 9.17) is 0 Å². The third-order valence-corrected chi connectivity index (χ3v) is 7.43. The Bertz CT molecular complexity index is 513. The molecule has 0 atom stereocenters. The smallest absolute Gasteiger partial charge is 0.223 e. The van der Waals surface area contributed by atoms with Gasteiger partial charge in [-0.15, -0.1) is 12.4 Å². The van der Waals surface area contributed by atoms with Gasteiger partial charge in [0, 0.05) is 25.6 Å². The van der Waals surface area contributed by atoms with Crippen molar-refractivity contribution < 1.29 is 13.2 Å². The number of sulfonamides is 1. The number of unbranched alkanes of at least 4 members (excludes halogenated alkanes) is 1. The molecule has 148 valence electrons. The van der Waals surface area contributed by atoms with Crippen LogP contribution in [0.3, 0.4) is 0 Å². The highest BCUT2D eigenvalue weighted by atomic mass is 35.5. The molecule has 2 fully saturated rings. The zero-order valence-corrected chi connectivity index (χ0v) is 17.2. The largest absolute Gasteiger partial charge is 0.355 e. The van der Waals surface area contributed by atoms with Gasteiger partial charge in [-0.25, -0.2) is 12.7 Å². The van der Waals surface area contributed by atoms with Gasteiger partial charge in [0.1, 0.15) is 0 Å². The molecule has 2 N–H and O–H groups in total. The average molecular weight is 396 g/mol. The van der Waals surface area contributed by atoms with Crippen molar-refractivity contribution in [2.45, 2.75) is 52.4 Å². The summed E-state index contributed by atoms with van der Waals surface area (Å²) in [5, 5.41) is 6.47. The first kappa shape index (κ1) is 22.7. The number of carbonyl (C=O) groups excluding carboxylic acids is 1. The van der Waals surface area contributed by atoms with Crippen molar-refractivity contribution in [2.24, 2.45) is 11.3 Å². The number of rotatable bonds is 7. The molecule has 2 aliphatic rings. The quantitative estimate of drug-likeness (QED) is 0.688. The van der Waals surface area contributed by atoms with E-state index in [1.54, 1.807) is 4.31 Å². The molecule has 0 aromatic heterocycles. The maximum atomic E-state index is 12.4. The predicted octanol–water partition coefficient (Wildman–Crippen LogP) is 1.76. The van der Waals surface area contributed by atoms with Gasteiger partial charge >= 0.3 is 0 Å². The Hall–Kier alpha value is -0.370. The maximum absolute atomic E-state index is 12.4. The van der Waals surface area contributed by atoms with E-state index >= 15 is 0 Å². The van der Waals surface area contributed by atoms with Crippen LogP contribution in [-0.2, 0) is 14.8 Å². The van der Waals surface area contributed by atoms with Crippen LogP contribution in [0, 0.1) is 11.3 Å². The van der Waals surface area contributed by atoms with E-state index in [9.17, 15) is 13.2 Å². The number of hydrogen-bond acceptors (Lipinski definition) is 4. The van der Waals surface area contributed by atoms with Crippen molar-refractivity contribution in [3.05, 3.63) is 0 Å². The van der Waals surface area contributed by atoms with Gasteiger partial charge in [-0.2, -0.15) is 0 Å². The van der Waals surface area contributed by atoms with Crippen molar-refractivity contribution in [3.8, 4) is 0 Å². The fraction of sp³-hybridized carbons (Fsp3) is 0.941. The van der Waals surface area contributed by atoms with Crippen LogP contribution in [0.5, 0.6) is 0 Å². The third-order valence-electron chi connectivity index (χ3n) is 5.47. The summed E-state index contributed by atoms with van der Waals surface area (Å²) in [5.74, 6) is 0.278. The van der Waals surface area contributed by atoms with Crippen molar-refractivity contribution >= 4 is 28.3 Å². The van der Waals surface area contributed by atoms with Crippen molar-refractivity contribution in [1.82, 2.24) is 14.9 Å². The fourth-order valence-electron chi connectivity index (χ4n) is 3.50. The zero-order chi connectivity index (χ0) is 17.6. The molecule has 2 rings (SSSR count). The molecule has 2 heterocycles. The molecule has 0 aromatic rings. The summed E-state index contributed by atoms with van der Waals surface area (Å²) in [4.78, 5) is 12.4. The Kier molecular flexibility index (Phi) is 9.15. The highest BCUT2D eigenvalue weighted by Gasteiger charge is 2.32. The summed E-state index contributed by atoms with van der Waals surface area (Å²) in [6.45, 7) is 7.94. The Balaban J connectivity index is 0.00000312. The molecule has 0 spiro atoms. The summed E-state index contributed by atoms with van der Waals surface area (Å²) in [5.41, 5.74) is 0.186. The molecule has 0 aliphatic carbocycles. The van der Waals surface area contributed by atoms with E-state index in [-0.39, 0.29) is 35.4 Å². The normalized spacial score (nSPS) is 22.2. The van der Waals surface area contributed by atoms with Gasteiger partial charge in [0.2, 0.25) is 15.9 Å². The first-order valence-corrected chi connectivity index (χ1v) is 10.9. The molecule has 1 amide bonds. The van der Waals surface area contributed by atoms with Crippen LogP contribution in [0.25, 0.3) is 0 Å². The second-order valence-corrected chi connectivity index (χ2v) is 9.71. The lowest BCUT2D eigenvalue weighted by molar-refractivity contribution is -0.126. The standard InChI is InChI=1S/C17H33N3O3S.ClH/c1-3-4-13-24(22,23)20-11-5-15(6-12-20)16(21)19-14-17(2)7-9-18-10-8-17;/h15,18H,3-14H2,1-2H3,(H,19,21);1H. The minimum absolute atomic E-state index is 0. The second-order valence-electron chi connectivity index (χ2n) is 7.62. The Morgan fingerprint density at radius 1 is 1.24 bits per heavy atom. The zero-order valence-electron chi connectivity index (χ0n) is 15.6. The molecule has 0 radical (unpaired) electrons. The van der Waals surface area contributed by atoms with Crippen LogP contribution in [0.4, 0.5) is 0 Å². The van der Waals surface area contributed by atoms with Crippen molar-refractivity contribution in [1.29, 1.82) is 0 Å². The highest BCUT2D eigenvalue weighted by Crippen LogP contribution is 2.27. The number of piperidine rings is 2. The van der Waals surface area contributed by atoms with Gasteiger partial charge in [-0.05, 0) is 50.6 Å². The number of hydrogen-bond donors (Lipinski definition) is 2. The van der Waals surface area contributed by atoms with Gasteiger partial charge in [0.05, 0.1) is 5.75 Å². The summed E-state index contributed by atoms with van der Waals surface area (Å²) < 4.78 is 26.0. The first-order chi connectivity index (χ1) is 11.4. The highest BCUT2D eigenvalue weighted by molar-refractivity contribution is 7.89. The van der Waals surface area contributed by atoms with Crippen molar-refractivity contribution in [3.63, 3.8) is 0 Å². The van der Waals surface area contributed by atoms with Crippen LogP contribution in [0.2, 0.25) is 0 Å². The summed E-state index contributed by atoms with van der Waals surface area (Å²) >= 11 is 0. The maximum Gasteiger partial charge on any atom is 0.223 e. The average Bonchev–Trinajstić information content (AvgIpc) is 2.59. The van der Waals surface area contributed by atoms with E-state index < -0.39 is 10.0 Å². The van der Waals surface area contributed by atoms with E-state index in [1.165, 1.54) is 0 Å². The summed E-state index contributed by atoms with van der Waals surface area (Å²) in [6, 6.07) is 0. The molecule has 0 bridgehead atoms. The van der Waals surface area contributed by atoms with Crippen molar-refractivity contribution in [2.75, 3.05) is 38.5 Å². The molecule has 2 saturated heterocycles. The number of halogens is 1. The number of nitrogens with one attached hydrogen (secondary N) is 2. The van der Waals surface area contributed by atoms with Crippen LogP contribution in [0.15, 0.2) is 0 Å². The van der Waals surface area contributed by atoms with Crippen LogP contribution >= 0.6 is 12.4 Å². The molecule has 0 unspecified atom stereocenters. The third kappa shape index (κ3) is 6.70. The molecule has 6 nitrogen and oxygen atoms in total. The Labute approximate surface area is 159 Å². The Morgan fingerprint density at radius 2 is 1.84 bits per heavy atom. The van der Waals surface area contributed by atoms with Crippen LogP contribution in [0.1, 0.15) is 52.4 Å². The van der Waals surface area contributed by atoms with E-state index in [2.05, 4.69) is 17.6 Å². The lowest BCUT2D eigenvalue weighted by Crippen LogP contribution is -2.47. The molecule has 2 aliphatic heterocycles. The fourth-order valence-corrected chi connectivity index (χ4v) is 5.18. The van der Waals surface area contributed by atoms with E-state index in [0.29, 0.717) is 32.4 Å². The predicted molar refractivity (Wildman–Crippen MR) is 103 cm³/mol. The van der Waals surface area contributed by atoms with Gasteiger partial charge in [-0.1, -0.05) is 20.3 Å². The summed E-state index contributed by atoms with van der Waals surface area (Å²) in [7, 11) is -3.14. The van der Waals surface area contributed by atoms with Crippen LogP contribution in [-0.4, -0.2) is 57.1 Å². The van der Waals surface area contributed by atoms with E-state index in [1.807, 2.05) is 6.92 Å². The SMILES string of the molecule is CCCCS(=O)(=O)N1CCC(C(=O)NCC2(C)CCNCC2)CC1.Cl. The molecule has 25 heavy (non-hydrogen) atoms. The van der Waals surface area contributed by atoms with Gasteiger partial charge in [0.15, 0.2) is 0 Å². The van der Waals surface area contributed by atoms with Crippen LogP contribution < -0.4 is 10.6 Å². The minimum Gasteiger partial charge on any atom is -0.355 e. The lowest BCUT2D eigenvalue weighted by Gasteiger charge is -2.35. The van der Waals surface area contributed by atoms with Gasteiger partial charge in [-0.3, -0.25) is 4.79 Å². The summed E-state index contributed by atoms with van der Waals surface area (Å²) in [6.07, 6.45) is 5.02. The molecule has 0 saturated carbocycles. The minimum atomic E-state index is -3.14. The van der Waals surface area contributed by atoms with E-state index in [0.717, 1.165) is 38.9 Å². The second kappa shape index (κ2) is 10.1. The Morgan fingerprint density at radius 3 is 2.40 bits per heavy atom. The number of carbonyl (C=O) groups is 1. The number of nitrogens with zero attached hydrogens (tertiary/aromatic N) is 1. The molecule has 8 heteroatoms. The van der Waals surface area contributed by atoms with Gasteiger partial charge in [0.25, 0.3) is 0 Å². The topological polar surface area (TPSA) is 78.5 Å².